The maximum absolute atomic E-state index is 11.4. The average Bonchev–Trinajstić information content (AvgIpc) is 2.37. The van der Waals surface area contributed by atoms with Crippen LogP contribution >= 0.6 is 0 Å². The SMILES string of the molecule is CC(CC(=O)NN)N1CCC[C@H]2CCCC[C@H]21. The Morgan fingerprint density at radius 2 is 2.06 bits per heavy atom. The Morgan fingerprint density at radius 1 is 1.35 bits per heavy atom. The van der Waals surface area contributed by atoms with Crippen LogP contribution in [0.4, 0.5) is 0 Å². The molecule has 98 valence electrons. The molecule has 0 aromatic heterocycles. The first-order valence-corrected chi connectivity index (χ1v) is 6.97. The predicted octanol–water partition coefficient (Wildman–Crippen LogP) is 1.41. The third-order valence-electron chi connectivity index (χ3n) is 4.49. The van der Waals surface area contributed by atoms with E-state index in [4.69, 9.17) is 5.84 Å². The molecule has 1 amide bonds. The third-order valence-corrected chi connectivity index (χ3v) is 4.49. The molecular formula is C13H25N3O. The molecule has 2 rings (SSSR count). The predicted molar refractivity (Wildman–Crippen MR) is 68.1 cm³/mol. The number of hydrogen-bond acceptors (Lipinski definition) is 3. The van der Waals surface area contributed by atoms with Crippen LogP contribution in [0, 0.1) is 5.92 Å². The van der Waals surface area contributed by atoms with Crippen molar-refractivity contribution in [1.29, 1.82) is 0 Å². The van der Waals surface area contributed by atoms with Gasteiger partial charge in [0.2, 0.25) is 5.91 Å². The standard InChI is InChI=1S/C13H25N3O/c1-10(9-13(17)15-14)16-8-4-6-11-5-2-3-7-12(11)16/h10-12H,2-9,14H2,1H3,(H,15,17)/t10?,11-,12-/m1/s1. The molecule has 4 heteroatoms. The Morgan fingerprint density at radius 3 is 2.82 bits per heavy atom. The Labute approximate surface area is 104 Å². The van der Waals surface area contributed by atoms with Crippen LogP contribution in [0.5, 0.6) is 0 Å². The van der Waals surface area contributed by atoms with Crippen molar-refractivity contribution < 1.29 is 4.79 Å². The number of hydrogen-bond donors (Lipinski definition) is 2. The zero-order valence-corrected chi connectivity index (χ0v) is 10.8. The van der Waals surface area contributed by atoms with Crippen molar-refractivity contribution in [2.45, 2.75) is 64.0 Å². The highest BCUT2D eigenvalue weighted by Crippen LogP contribution is 2.36. The molecule has 3 N–H and O–H groups in total. The second kappa shape index (κ2) is 5.83. The molecule has 0 bridgehead atoms. The number of nitrogens with zero attached hydrogens (tertiary/aromatic N) is 1. The number of carbonyl (C=O) groups excluding carboxylic acids is 1. The second-order valence-corrected chi connectivity index (χ2v) is 5.61. The van der Waals surface area contributed by atoms with E-state index in [1.807, 2.05) is 0 Å². The molecule has 0 spiro atoms. The van der Waals surface area contributed by atoms with Gasteiger partial charge in [-0.15, -0.1) is 0 Å². The number of nitrogens with two attached hydrogens (primary N) is 1. The zero-order chi connectivity index (χ0) is 12.3. The van der Waals surface area contributed by atoms with Gasteiger partial charge in [0.1, 0.15) is 0 Å². The Hall–Kier alpha value is -0.610. The molecule has 1 aliphatic carbocycles. The Balaban J connectivity index is 1.95. The number of piperidine rings is 1. The van der Waals surface area contributed by atoms with Gasteiger partial charge in [0, 0.05) is 18.5 Å². The van der Waals surface area contributed by atoms with Crippen LogP contribution in [0.1, 0.15) is 51.9 Å². The summed E-state index contributed by atoms with van der Waals surface area (Å²) >= 11 is 0. The van der Waals surface area contributed by atoms with Gasteiger partial charge in [-0.25, -0.2) is 5.84 Å². The van der Waals surface area contributed by atoms with Crippen LogP contribution in [-0.2, 0) is 4.79 Å². The van der Waals surface area contributed by atoms with Crippen molar-refractivity contribution in [3.63, 3.8) is 0 Å². The number of hydrazine groups is 1. The lowest BCUT2D eigenvalue weighted by atomic mass is 9.77. The van der Waals surface area contributed by atoms with E-state index in [1.54, 1.807) is 0 Å². The van der Waals surface area contributed by atoms with Gasteiger partial charge in [-0.05, 0) is 45.1 Å². The maximum Gasteiger partial charge on any atom is 0.235 e. The van der Waals surface area contributed by atoms with E-state index in [9.17, 15) is 4.79 Å². The van der Waals surface area contributed by atoms with Gasteiger partial charge >= 0.3 is 0 Å². The van der Waals surface area contributed by atoms with E-state index < -0.39 is 0 Å². The summed E-state index contributed by atoms with van der Waals surface area (Å²) in [7, 11) is 0. The van der Waals surface area contributed by atoms with Gasteiger partial charge in [0.05, 0.1) is 0 Å². The minimum atomic E-state index is -0.0459. The topological polar surface area (TPSA) is 58.4 Å². The first kappa shape index (κ1) is 12.8. The molecule has 17 heavy (non-hydrogen) atoms. The van der Waals surface area contributed by atoms with E-state index >= 15 is 0 Å². The summed E-state index contributed by atoms with van der Waals surface area (Å²) in [6.45, 7) is 3.31. The summed E-state index contributed by atoms with van der Waals surface area (Å²) in [5.74, 6) is 5.99. The van der Waals surface area contributed by atoms with E-state index in [2.05, 4.69) is 17.2 Å². The second-order valence-electron chi connectivity index (χ2n) is 5.61. The van der Waals surface area contributed by atoms with Crippen LogP contribution < -0.4 is 11.3 Å². The minimum Gasteiger partial charge on any atom is -0.297 e. The zero-order valence-electron chi connectivity index (χ0n) is 10.8. The van der Waals surface area contributed by atoms with E-state index in [0.29, 0.717) is 12.5 Å². The maximum atomic E-state index is 11.4. The van der Waals surface area contributed by atoms with Crippen molar-refractivity contribution in [2.75, 3.05) is 6.54 Å². The van der Waals surface area contributed by atoms with Crippen molar-refractivity contribution in [1.82, 2.24) is 10.3 Å². The molecule has 1 heterocycles. The molecule has 0 aromatic carbocycles. The molecule has 2 aliphatic rings. The fourth-order valence-corrected chi connectivity index (χ4v) is 3.66. The van der Waals surface area contributed by atoms with Gasteiger partial charge in [0.25, 0.3) is 0 Å². The molecule has 1 saturated carbocycles. The molecule has 1 saturated heterocycles. The smallest absolute Gasteiger partial charge is 0.235 e. The van der Waals surface area contributed by atoms with E-state index in [0.717, 1.165) is 18.5 Å². The van der Waals surface area contributed by atoms with Gasteiger partial charge in [0.15, 0.2) is 0 Å². The molecule has 3 atom stereocenters. The lowest BCUT2D eigenvalue weighted by Crippen LogP contribution is -2.51. The van der Waals surface area contributed by atoms with Gasteiger partial charge in [-0.1, -0.05) is 12.8 Å². The first-order chi connectivity index (χ1) is 8.22. The fraction of sp³-hybridized carbons (Fsp3) is 0.923. The molecule has 2 fully saturated rings. The Kier molecular flexibility index (Phi) is 4.40. The quantitative estimate of drug-likeness (QED) is 0.445. The summed E-state index contributed by atoms with van der Waals surface area (Å²) in [6.07, 6.45) is 8.66. The number of fused-ring (bicyclic) bond motifs is 1. The number of amides is 1. The normalized spacial score (nSPS) is 31.6. The summed E-state index contributed by atoms with van der Waals surface area (Å²) in [6, 6.07) is 1.04. The monoisotopic (exact) mass is 239 g/mol. The Bertz CT molecular complexity index is 267. The highest BCUT2D eigenvalue weighted by molar-refractivity contribution is 5.75. The number of carbonyl (C=O) groups is 1. The summed E-state index contributed by atoms with van der Waals surface area (Å²) in [4.78, 5) is 13.9. The number of rotatable bonds is 3. The molecular weight excluding hydrogens is 214 g/mol. The summed E-state index contributed by atoms with van der Waals surface area (Å²) in [5, 5.41) is 0. The molecule has 0 radical (unpaired) electrons. The summed E-state index contributed by atoms with van der Waals surface area (Å²) in [5.41, 5.74) is 2.24. The fourth-order valence-electron chi connectivity index (χ4n) is 3.66. The van der Waals surface area contributed by atoms with Crippen molar-refractivity contribution in [2.24, 2.45) is 11.8 Å². The number of likely N-dealkylation sites (tertiary alicyclic amines) is 1. The lowest BCUT2D eigenvalue weighted by molar-refractivity contribution is -0.122. The third kappa shape index (κ3) is 2.99. The molecule has 0 aromatic rings. The van der Waals surface area contributed by atoms with E-state index in [-0.39, 0.29) is 5.91 Å². The van der Waals surface area contributed by atoms with Gasteiger partial charge in [-0.2, -0.15) is 0 Å². The van der Waals surface area contributed by atoms with Gasteiger partial charge < -0.3 is 0 Å². The highest BCUT2D eigenvalue weighted by atomic mass is 16.2. The first-order valence-electron chi connectivity index (χ1n) is 6.97. The molecule has 1 unspecified atom stereocenters. The van der Waals surface area contributed by atoms with Crippen LogP contribution in [0.25, 0.3) is 0 Å². The lowest BCUT2D eigenvalue weighted by Gasteiger charge is -2.46. The number of nitrogens with one attached hydrogen (secondary N) is 1. The highest BCUT2D eigenvalue weighted by Gasteiger charge is 2.35. The minimum absolute atomic E-state index is 0.0459. The van der Waals surface area contributed by atoms with Gasteiger partial charge in [-0.3, -0.25) is 15.1 Å². The summed E-state index contributed by atoms with van der Waals surface area (Å²) < 4.78 is 0. The largest absolute Gasteiger partial charge is 0.297 e. The molecule has 4 nitrogen and oxygen atoms in total. The van der Waals surface area contributed by atoms with Crippen LogP contribution in [0.2, 0.25) is 0 Å². The van der Waals surface area contributed by atoms with Crippen molar-refractivity contribution in [3.8, 4) is 0 Å². The van der Waals surface area contributed by atoms with Crippen LogP contribution in [0.3, 0.4) is 0 Å². The van der Waals surface area contributed by atoms with E-state index in [1.165, 1.54) is 38.5 Å². The molecule has 1 aliphatic heterocycles. The van der Waals surface area contributed by atoms with Crippen LogP contribution in [-0.4, -0.2) is 29.4 Å². The average molecular weight is 239 g/mol. The van der Waals surface area contributed by atoms with Crippen LogP contribution in [0.15, 0.2) is 0 Å². The van der Waals surface area contributed by atoms with Crippen molar-refractivity contribution in [3.05, 3.63) is 0 Å². The van der Waals surface area contributed by atoms with Crippen molar-refractivity contribution >= 4 is 5.91 Å².